The number of fused-ring (bicyclic) bond motifs is 1. The Balaban J connectivity index is 1.57. The molecule has 12 heteroatoms. The van der Waals surface area contributed by atoms with Crippen molar-refractivity contribution in [2.75, 3.05) is 6.61 Å². The molecular weight excluding hydrogens is 693 g/mol. The van der Waals surface area contributed by atoms with E-state index in [1.807, 2.05) is 107 Å². The molecule has 0 fully saturated rings. The maximum Gasteiger partial charge on any atom is 0.408 e. The van der Waals surface area contributed by atoms with Gasteiger partial charge in [-0.25, -0.2) is 9.78 Å². The Labute approximate surface area is 315 Å². The van der Waals surface area contributed by atoms with E-state index in [2.05, 4.69) is 20.9 Å². The van der Waals surface area contributed by atoms with Crippen LogP contribution in [0.25, 0.3) is 10.8 Å². The van der Waals surface area contributed by atoms with E-state index in [1.165, 1.54) is 11.3 Å². The third-order valence-corrected chi connectivity index (χ3v) is 10.1. The Morgan fingerprint density at radius 2 is 1.51 bits per heavy atom. The van der Waals surface area contributed by atoms with E-state index in [0.29, 0.717) is 6.42 Å². The Morgan fingerprint density at radius 1 is 0.830 bits per heavy atom. The molecule has 0 saturated heterocycles. The summed E-state index contributed by atoms with van der Waals surface area (Å²) in [4.78, 5) is 59.2. The van der Waals surface area contributed by atoms with Crippen molar-refractivity contribution < 1.29 is 33.8 Å². The number of alkyl carbamates (subject to hydrolysis) is 1. The van der Waals surface area contributed by atoms with Crippen molar-refractivity contribution in [1.82, 2.24) is 20.9 Å². The molecule has 3 amide bonds. The highest BCUT2D eigenvalue weighted by molar-refractivity contribution is 7.09. The topological polar surface area (TPSA) is 156 Å². The molecule has 4 rings (SSSR count). The van der Waals surface area contributed by atoms with Crippen LogP contribution in [0.15, 0.2) is 78.3 Å². The molecule has 0 spiro atoms. The summed E-state index contributed by atoms with van der Waals surface area (Å²) in [7, 11) is 0. The third-order valence-electron chi connectivity index (χ3n) is 9.11. The highest BCUT2D eigenvalue weighted by Crippen LogP contribution is 2.21. The molecule has 53 heavy (non-hydrogen) atoms. The van der Waals surface area contributed by atoms with Crippen LogP contribution in [0.4, 0.5) is 4.79 Å². The minimum absolute atomic E-state index is 0.00963. The standard InChI is InChI=1S/C41H52N4O7S/c1-6-27(4)23-51-38(47)22-36(46)33(19-26(2)3)43-40(49)35(21-37-28(5)42-25-53-37)44-39(48)34(45-41(50)52-24-29-13-8-7-9-14-29)20-31-17-12-16-30-15-10-11-18-32(30)31/h7-18,25-27,33-36,46H,6,19-24H2,1-5H3,(H,43,49)(H,44,48)(H,45,50)/t27?,33-,34-,35?,36-/m0/s1. The lowest BCUT2D eigenvalue weighted by atomic mass is 9.96. The predicted octanol–water partition coefficient (Wildman–Crippen LogP) is 6.04. The summed E-state index contributed by atoms with van der Waals surface area (Å²) in [5, 5.41) is 21.6. The summed E-state index contributed by atoms with van der Waals surface area (Å²) in [5.74, 6) is -1.43. The van der Waals surface area contributed by atoms with E-state index in [9.17, 15) is 24.3 Å². The number of carbonyl (C=O) groups is 4. The molecule has 2 unspecified atom stereocenters. The molecule has 1 aromatic heterocycles. The van der Waals surface area contributed by atoms with E-state index in [0.717, 1.165) is 38.9 Å². The second kappa shape index (κ2) is 20.4. The average Bonchev–Trinajstić information content (AvgIpc) is 3.55. The predicted molar refractivity (Wildman–Crippen MR) is 206 cm³/mol. The van der Waals surface area contributed by atoms with Gasteiger partial charge in [0.05, 0.1) is 36.4 Å². The zero-order valence-electron chi connectivity index (χ0n) is 31.2. The molecule has 3 aromatic carbocycles. The normalized spacial score (nSPS) is 14.1. The first-order valence-corrected chi connectivity index (χ1v) is 19.1. The van der Waals surface area contributed by atoms with Gasteiger partial charge in [0.2, 0.25) is 11.8 Å². The average molecular weight is 745 g/mol. The van der Waals surface area contributed by atoms with Crippen LogP contribution < -0.4 is 16.0 Å². The summed E-state index contributed by atoms with van der Waals surface area (Å²) in [6, 6.07) is 19.7. The minimum atomic E-state index is -1.22. The number of hydrogen-bond donors (Lipinski definition) is 4. The van der Waals surface area contributed by atoms with Gasteiger partial charge in [0.25, 0.3) is 0 Å². The maximum atomic E-state index is 14.2. The van der Waals surface area contributed by atoms with E-state index in [-0.39, 0.29) is 44.3 Å². The van der Waals surface area contributed by atoms with E-state index in [1.54, 1.807) is 5.51 Å². The molecule has 0 radical (unpaired) electrons. The van der Waals surface area contributed by atoms with Crippen molar-refractivity contribution in [3.05, 3.63) is 100 Å². The quantitative estimate of drug-likeness (QED) is 0.0848. The fourth-order valence-electron chi connectivity index (χ4n) is 5.82. The molecule has 11 nitrogen and oxygen atoms in total. The van der Waals surface area contributed by atoms with Gasteiger partial charge >= 0.3 is 12.1 Å². The van der Waals surface area contributed by atoms with Gasteiger partial charge < -0.3 is 30.5 Å². The Morgan fingerprint density at radius 3 is 2.21 bits per heavy atom. The molecule has 0 saturated carbocycles. The molecular formula is C41H52N4O7S. The Kier molecular flexibility index (Phi) is 15.8. The van der Waals surface area contributed by atoms with Gasteiger partial charge in [0, 0.05) is 17.7 Å². The number of hydrogen-bond acceptors (Lipinski definition) is 9. The van der Waals surface area contributed by atoms with Gasteiger partial charge in [-0.2, -0.15) is 0 Å². The van der Waals surface area contributed by atoms with Crippen LogP contribution in [0.2, 0.25) is 0 Å². The van der Waals surface area contributed by atoms with Gasteiger partial charge in [-0.3, -0.25) is 14.4 Å². The van der Waals surface area contributed by atoms with E-state index < -0.39 is 48.1 Å². The molecule has 284 valence electrons. The summed E-state index contributed by atoms with van der Waals surface area (Å²) in [6.45, 7) is 9.97. The molecule has 4 aromatic rings. The lowest BCUT2D eigenvalue weighted by molar-refractivity contribution is -0.148. The number of esters is 1. The SMILES string of the molecule is CCC(C)COC(=O)C[C@H](O)[C@H](CC(C)C)NC(=O)C(Cc1scnc1C)NC(=O)[C@H](Cc1cccc2ccccc12)NC(=O)OCc1ccccc1. The molecule has 4 N–H and O–H groups in total. The van der Waals surface area contributed by atoms with Crippen LogP contribution >= 0.6 is 11.3 Å². The number of ether oxygens (including phenoxy) is 2. The van der Waals surface area contributed by atoms with Crippen LogP contribution in [-0.4, -0.2) is 64.8 Å². The number of aliphatic hydroxyl groups is 1. The number of rotatable bonds is 19. The highest BCUT2D eigenvalue weighted by atomic mass is 32.1. The van der Waals surface area contributed by atoms with Crippen molar-refractivity contribution in [3.63, 3.8) is 0 Å². The number of carbonyl (C=O) groups excluding carboxylic acids is 4. The molecule has 0 aliphatic heterocycles. The maximum absolute atomic E-state index is 14.2. The van der Waals surface area contributed by atoms with Crippen molar-refractivity contribution in [3.8, 4) is 0 Å². The number of aromatic nitrogens is 1. The molecule has 0 bridgehead atoms. The summed E-state index contributed by atoms with van der Waals surface area (Å²) >= 11 is 1.36. The number of aliphatic hydroxyl groups excluding tert-OH is 1. The molecule has 5 atom stereocenters. The molecule has 1 heterocycles. The second-order valence-electron chi connectivity index (χ2n) is 13.9. The summed E-state index contributed by atoms with van der Waals surface area (Å²) in [5.41, 5.74) is 4.01. The first-order chi connectivity index (χ1) is 25.4. The number of nitrogens with one attached hydrogen (secondary N) is 3. The van der Waals surface area contributed by atoms with Gasteiger partial charge in [-0.05, 0) is 47.1 Å². The van der Waals surface area contributed by atoms with Crippen LogP contribution in [0.1, 0.15) is 68.7 Å². The van der Waals surface area contributed by atoms with E-state index in [4.69, 9.17) is 9.47 Å². The molecule has 0 aliphatic rings. The summed E-state index contributed by atoms with van der Waals surface area (Å²) in [6.07, 6.45) is -0.821. The van der Waals surface area contributed by atoms with E-state index >= 15 is 0 Å². The monoisotopic (exact) mass is 744 g/mol. The number of nitrogens with zero attached hydrogens (tertiary/aromatic N) is 1. The Bertz CT molecular complexity index is 1790. The van der Waals surface area contributed by atoms with Gasteiger partial charge in [0.1, 0.15) is 18.7 Å². The van der Waals surface area contributed by atoms with Crippen molar-refractivity contribution in [2.45, 2.75) is 97.6 Å². The van der Waals surface area contributed by atoms with Crippen molar-refractivity contribution >= 4 is 46.0 Å². The fraction of sp³-hybridized carbons (Fsp3) is 0.439. The van der Waals surface area contributed by atoms with Gasteiger partial charge in [0.15, 0.2) is 0 Å². The van der Waals surface area contributed by atoms with Crippen LogP contribution in [-0.2, 0) is 43.3 Å². The van der Waals surface area contributed by atoms with Crippen LogP contribution in [0.3, 0.4) is 0 Å². The molecule has 0 aliphatic carbocycles. The minimum Gasteiger partial charge on any atom is -0.465 e. The number of thiazole rings is 1. The van der Waals surface area contributed by atoms with Crippen LogP contribution in [0, 0.1) is 18.8 Å². The van der Waals surface area contributed by atoms with Gasteiger partial charge in [-0.1, -0.05) is 107 Å². The number of amides is 3. The first-order valence-electron chi connectivity index (χ1n) is 18.2. The zero-order chi connectivity index (χ0) is 38.3. The second-order valence-corrected chi connectivity index (χ2v) is 14.9. The smallest absolute Gasteiger partial charge is 0.408 e. The third kappa shape index (κ3) is 13.0. The van der Waals surface area contributed by atoms with Crippen molar-refractivity contribution in [1.29, 1.82) is 0 Å². The lowest BCUT2D eigenvalue weighted by Gasteiger charge is -2.29. The fourth-order valence-corrected chi connectivity index (χ4v) is 6.65. The highest BCUT2D eigenvalue weighted by Gasteiger charge is 2.32. The Hall–Kier alpha value is -4.81. The summed E-state index contributed by atoms with van der Waals surface area (Å²) < 4.78 is 10.9. The zero-order valence-corrected chi connectivity index (χ0v) is 32.0. The van der Waals surface area contributed by atoms with Crippen molar-refractivity contribution in [2.24, 2.45) is 11.8 Å². The number of aryl methyl sites for hydroxylation is 1. The van der Waals surface area contributed by atoms with Gasteiger partial charge in [-0.15, -0.1) is 11.3 Å². The number of benzene rings is 3. The lowest BCUT2D eigenvalue weighted by Crippen LogP contribution is -2.57. The van der Waals surface area contributed by atoms with Crippen LogP contribution in [0.5, 0.6) is 0 Å². The largest absolute Gasteiger partial charge is 0.465 e. The first kappa shape index (κ1) is 41.0.